The molecule has 1 aromatic heterocycles. The smallest absolute Gasteiger partial charge is 0.319 e. The second kappa shape index (κ2) is 11.8. The number of hydrogen-bond donors (Lipinski definition) is 3. The number of rotatable bonds is 7. The van der Waals surface area contributed by atoms with Gasteiger partial charge in [0.2, 0.25) is 0 Å². The van der Waals surface area contributed by atoms with Crippen molar-refractivity contribution in [2.24, 2.45) is 0 Å². The van der Waals surface area contributed by atoms with Gasteiger partial charge in [-0.05, 0) is 42.8 Å². The number of morpholine rings is 1. The quantitative estimate of drug-likeness (QED) is 0.450. The first kappa shape index (κ1) is 24.7. The molecule has 1 saturated heterocycles. The van der Waals surface area contributed by atoms with Gasteiger partial charge in [-0.15, -0.1) is 0 Å². The molecule has 1 aliphatic rings. The molecule has 3 N–H and O–H groups in total. The minimum Gasteiger partial charge on any atom is -0.379 e. The Morgan fingerprint density at radius 3 is 2.54 bits per heavy atom. The third-order valence-electron chi connectivity index (χ3n) is 5.68. The van der Waals surface area contributed by atoms with Crippen LogP contribution in [0.2, 0.25) is 5.02 Å². The summed E-state index contributed by atoms with van der Waals surface area (Å²) < 4.78 is 5.45. The molecule has 2 heterocycles. The van der Waals surface area contributed by atoms with Crippen LogP contribution in [0.1, 0.15) is 27.5 Å². The van der Waals surface area contributed by atoms with E-state index >= 15 is 0 Å². The van der Waals surface area contributed by atoms with Crippen molar-refractivity contribution in [1.82, 2.24) is 15.2 Å². The fraction of sp³-hybridized carbons (Fsp3) is 0.269. The van der Waals surface area contributed by atoms with E-state index in [4.69, 9.17) is 16.3 Å². The number of nitrogens with one attached hydrogen (secondary N) is 3. The molecule has 9 heteroatoms. The van der Waals surface area contributed by atoms with Gasteiger partial charge >= 0.3 is 6.03 Å². The van der Waals surface area contributed by atoms with E-state index in [0.717, 1.165) is 24.2 Å². The number of carbonyl (C=O) groups excluding carboxylic acids is 2. The average molecular weight is 494 g/mol. The molecule has 0 bridgehead atoms. The molecule has 0 aliphatic carbocycles. The van der Waals surface area contributed by atoms with Crippen LogP contribution in [-0.4, -0.2) is 54.7 Å². The molecule has 1 atom stereocenters. The summed E-state index contributed by atoms with van der Waals surface area (Å²) in [4.78, 5) is 31.9. The maximum atomic E-state index is 12.9. The number of urea groups is 1. The maximum absolute atomic E-state index is 12.9. The number of aryl methyl sites for hydroxylation is 1. The first-order valence-corrected chi connectivity index (χ1v) is 11.8. The van der Waals surface area contributed by atoms with E-state index in [-0.39, 0.29) is 18.0 Å². The van der Waals surface area contributed by atoms with Gasteiger partial charge in [-0.3, -0.25) is 9.69 Å². The highest BCUT2D eigenvalue weighted by Gasteiger charge is 2.20. The summed E-state index contributed by atoms with van der Waals surface area (Å²) in [6, 6.07) is 17.6. The number of nitrogens with zero attached hydrogens (tertiary/aromatic N) is 2. The van der Waals surface area contributed by atoms with Crippen LogP contribution >= 0.6 is 11.6 Å². The lowest BCUT2D eigenvalue weighted by Crippen LogP contribution is -2.44. The van der Waals surface area contributed by atoms with E-state index in [1.807, 2.05) is 31.2 Å². The number of pyridine rings is 1. The van der Waals surface area contributed by atoms with Crippen molar-refractivity contribution < 1.29 is 14.3 Å². The second-order valence-corrected chi connectivity index (χ2v) is 8.81. The Morgan fingerprint density at radius 2 is 1.83 bits per heavy atom. The van der Waals surface area contributed by atoms with Crippen molar-refractivity contribution in [3.05, 3.63) is 88.6 Å². The van der Waals surface area contributed by atoms with Gasteiger partial charge in [0, 0.05) is 37.1 Å². The molecule has 8 nitrogen and oxygen atoms in total. The molecule has 3 amide bonds. The van der Waals surface area contributed by atoms with Gasteiger partial charge in [0.1, 0.15) is 5.82 Å². The highest BCUT2D eigenvalue weighted by Crippen LogP contribution is 2.18. The lowest BCUT2D eigenvalue weighted by molar-refractivity contribution is 0.0340. The predicted molar refractivity (Wildman–Crippen MR) is 137 cm³/mol. The van der Waals surface area contributed by atoms with Crippen molar-refractivity contribution in [1.29, 1.82) is 0 Å². The zero-order valence-corrected chi connectivity index (χ0v) is 20.2. The molecule has 1 fully saturated rings. The number of halogens is 1. The van der Waals surface area contributed by atoms with E-state index in [1.54, 1.807) is 36.4 Å². The fourth-order valence-electron chi connectivity index (χ4n) is 3.78. The topological polar surface area (TPSA) is 95.6 Å². The maximum Gasteiger partial charge on any atom is 0.319 e. The fourth-order valence-corrected chi connectivity index (χ4v) is 3.89. The summed E-state index contributed by atoms with van der Waals surface area (Å²) in [7, 11) is 0. The largest absolute Gasteiger partial charge is 0.379 e. The zero-order chi connectivity index (χ0) is 24.6. The Kier molecular flexibility index (Phi) is 8.31. The van der Waals surface area contributed by atoms with Gasteiger partial charge < -0.3 is 20.7 Å². The van der Waals surface area contributed by atoms with Gasteiger partial charge in [0.05, 0.1) is 24.3 Å². The predicted octanol–water partition coefficient (Wildman–Crippen LogP) is 4.49. The summed E-state index contributed by atoms with van der Waals surface area (Å²) in [5.41, 5.74) is 3.09. The van der Waals surface area contributed by atoms with Gasteiger partial charge in [-0.25, -0.2) is 9.78 Å². The number of carbonyl (C=O) groups is 2. The van der Waals surface area contributed by atoms with Gasteiger partial charge in [-0.2, -0.15) is 0 Å². The van der Waals surface area contributed by atoms with E-state index in [9.17, 15) is 9.59 Å². The summed E-state index contributed by atoms with van der Waals surface area (Å²) in [5.74, 6) is 0.0493. The van der Waals surface area contributed by atoms with Crippen LogP contribution in [-0.2, 0) is 4.74 Å². The summed E-state index contributed by atoms with van der Waals surface area (Å²) in [6.07, 6.45) is 1.46. The summed E-state index contributed by atoms with van der Waals surface area (Å²) in [6.45, 7) is 5.74. The molecule has 0 saturated carbocycles. The minimum absolute atomic E-state index is 0.198. The van der Waals surface area contributed by atoms with Crippen molar-refractivity contribution in [3.63, 3.8) is 0 Å². The highest BCUT2D eigenvalue weighted by atomic mass is 35.5. The Bertz CT molecular complexity index is 1150. The first-order valence-electron chi connectivity index (χ1n) is 11.4. The Hall–Kier alpha value is -3.46. The van der Waals surface area contributed by atoms with Crippen LogP contribution in [0.4, 0.5) is 16.3 Å². The van der Waals surface area contributed by atoms with E-state index in [0.29, 0.717) is 41.8 Å². The molecular formula is C26H28ClN5O3. The minimum atomic E-state index is -0.347. The van der Waals surface area contributed by atoms with Gasteiger partial charge in [0.25, 0.3) is 5.91 Å². The molecule has 0 spiro atoms. The van der Waals surface area contributed by atoms with Crippen LogP contribution in [0.5, 0.6) is 0 Å². The number of benzene rings is 2. The standard InChI is InChI=1S/C26H28ClN5O3/c1-18-5-7-19(8-6-18)23(17-32-11-13-35-14-12-32)30-26(34)29-22-4-2-3-20(15-22)25(33)31-24-10-9-21(27)16-28-24/h2-10,15-16,23H,11-14,17H2,1H3,(H,28,31,33)(H2,29,30,34). The molecule has 4 rings (SSSR count). The number of aromatic nitrogens is 1. The van der Waals surface area contributed by atoms with Crippen LogP contribution < -0.4 is 16.0 Å². The summed E-state index contributed by atoms with van der Waals surface area (Å²) >= 11 is 5.84. The highest BCUT2D eigenvalue weighted by molar-refractivity contribution is 6.30. The van der Waals surface area contributed by atoms with E-state index < -0.39 is 0 Å². The molecule has 2 aromatic carbocycles. The van der Waals surface area contributed by atoms with Gasteiger partial charge in [-0.1, -0.05) is 47.5 Å². The monoisotopic (exact) mass is 493 g/mol. The summed E-state index contributed by atoms with van der Waals surface area (Å²) in [5, 5.41) is 9.14. The van der Waals surface area contributed by atoms with Crippen molar-refractivity contribution in [3.8, 4) is 0 Å². The Morgan fingerprint density at radius 1 is 1.06 bits per heavy atom. The van der Waals surface area contributed by atoms with Crippen LogP contribution in [0, 0.1) is 6.92 Å². The molecule has 1 aliphatic heterocycles. The molecule has 182 valence electrons. The van der Waals surface area contributed by atoms with Crippen LogP contribution in [0.15, 0.2) is 66.9 Å². The molecule has 35 heavy (non-hydrogen) atoms. The van der Waals surface area contributed by atoms with Crippen LogP contribution in [0.25, 0.3) is 0 Å². The third-order valence-corrected chi connectivity index (χ3v) is 5.90. The normalized spacial score (nSPS) is 14.7. The Labute approximate surface area is 209 Å². The number of ether oxygens (including phenoxy) is 1. The lowest BCUT2D eigenvalue weighted by atomic mass is 10.0. The van der Waals surface area contributed by atoms with Crippen LogP contribution in [0.3, 0.4) is 0 Å². The Balaban J connectivity index is 1.41. The second-order valence-electron chi connectivity index (χ2n) is 8.37. The molecule has 3 aromatic rings. The molecular weight excluding hydrogens is 466 g/mol. The van der Waals surface area contributed by atoms with E-state index in [2.05, 4.69) is 25.8 Å². The van der Waals surface area contributed by atoms with Crippen molar-refractivity contribution in [2.45, 2.75) is 13.0 Å². The molecule has 1 unspecified atom stereocenters. The third kappa shape index (κ3) is 7.26. The average Bonchev–Trinajstić information content (AvgIpc) is 2.86. The molecule has 0 radical (unpaired) electrons. The van der Waals surface area contributed by atoms with E-state index in [1.165, 1.54) is 6.20 Å². The van der Waals surface area contributed by atoms with Crippen molar-refractivity contribution in [2.75, 3.05) is 43.5 Å². The zero-order valence-electron chi connectivity index (χ0n) is 19.5. The van der Waals surface area contributed by atoms with Gasteiger partial charge in [0.15, 0.2) is 0 Å². The lowest BCUT2D eigenvalue weighted by Gasteiger charge is -2.31. The SMILES string of the molecule is Cc1ccc(C(CN2CCOCC2)NC(=O)Nc2cccc(C(=O)Nc3ccc(Cl)cn3)c2)cc1. The number of hydrogen-bond acceptors (Lipinski definition) is 5. The van der Waals surface area contributed by atoms with Crippen molar-refractivity contribution >= 4 is 35.0 Å². The number of amides is 3. The first-order chi connectivity index (χ1) is 17.0. The number of anilines is 2.